The van der Waals surface area contributed by atoms with Crippen LogP contribution in [-0.4, -0.2) is 12.2 Å². The fourth-order valence-electron chi connectivity index (χ4n) is 3.23. The van der Waals surface area contributed by atoms with Crippen LogP contribution < -0.4 is 0 Å². The number of aliphatic imine (C=N–C) groups is 1. The van der Waals surface area contributed by atoms with Crippen LogP contribution >= 0.6 is 0 Å². The molecule has 0 heterocycles. The van der Waals surface area contributed by atoms with Gasteiger partial charge in [0.15, 0.2) is 0 Å². The summed E-state index contributed by atoms with van der Waals surface area (Å²) in [7, 11) is 0. The molecule has 0 N–H and O–H groups in total. The van der Waals surface area contributed by atoms with Gasteiger partial charge >= 0.3 is 5.97 Å². The maximum absolute atomic E-state index is 12.7. The molecule has 158 valence electrons. The van der Waals surface area contributed by atoms with E-state index < -0.39 is 0 Å². The number of hydrogen-bond acceptors (Lipinski definition) is 3. The summed E-state index contributed by atoms with van der Waals surface area (Å²) in [4.78, 5) is 17.3. The molecule has 0 spiro atoms. The van der Waals surface area contributed by atoms with Crippen LogP contribution in [0.15, 0.2) is 95.5 Å². The van der Waals surface area contributed by atoms with Crippen LogP contribution in [0.25, 0.3) is 6.08 Å². The Morgan fingerprint density at radius 1 is 0.871 bits per heavy atom. The highest BCUT2D eigenvalue weighted by atomic mass is 16.5. The SMILES string of the molecule is CCCCC/C(C=Nc1ccccc1C(=O)OCc1ccccc1)=C/c1ccccc1. The van der Waals surface area contributed by atoms with Crippen molar-refractivity contribution in [3.63, 3.8) is 0 Å². The van der Waals surface area contributed by atoms with E-state index in [-0.39, 0.29) is 12.6 Å². The molecule has 0 aliphatic rings. The standard InChI is InChI=1S/C28H29NO2/c1-2-3-6-17-25(20-23-13-7-4-8-14-23)21-29-27-19-12-11-18-26(27)28(30)31-22-24-15-9-5-10-16-24/h4-5,7-16,18-21H,2-3,6,17,22H2,1H3/b25-20-,29-21?. The number of unbranched alkanes of at least 4 members (excludes halogenated alkanes) is 2. The molecule has 0 aliphatic heterocycles. The van der Waals surface area contributed by atoms with Crippen LogP contribution in [0, 0.1) is 0 Å². The van der Waals surface area contributed by atoms with Crippen molar-refractivity contribution in [2.24, 2.45) is 4.99 Å². The van der Waals surface area contributed by atoms with Crippen molar-refractivity contribution in [2.45, 2.75) is 39.2 Å². The van der Waals surface area contributed by atoms with Gasteiger partial charge in [-0.1, -0.05) is 98.6 Å². The average Bonchev–Trinajstić information content (AvgIpc) is 2.82. The Labute approximate surface area is 185 Å². The van der Waals surface area contributed by atoms with E-state index in [9.17, 15) is 4.79 Å². The van der Waals surface area contributed by atoms with Crippen LogP contribution in [0.4, 0.5) is 5.69 Å². The highest BCUT2D eigenvalue weighted by Gasteiger charge is 2.12. The van der Waals surface area contributed by atoms with Crippen LogP contribution in [0.1, 0.15) is 54.1 Å². The van der Waals surface area contributed by atoms with Crippen molar-refractivity contribution >= 4 is 23.9 Å². The minimum atomic E-state index is -0.365. The zero-order valence-corrected chi connectivity index (χ0v) is 18.0. The fraction of sp³-hybridized carbons (Fsp3) is 0.214. The number of ether oxygens (including phenoxy) is 1. The summed E-state index contributed by atoms with van der Waals surface area (Å²) in [5.41, 5.74) is 4.35. The first-order valence-electron chi connectivity index (χ1n) is 10.9. The van der Waals surface area contributed by atoms with E-state index in [1.54, 1.807) is 6.07 Å². The number of allylic oxidation sites excluding steroid dienone is 1. The molecule has 0 atom stereocenters. The Morgan fingerprint density at radius 3 is 2.29 bits per heavy atom. The van der Waals surface area contributed by atoms with Crippen molar-refractivity contribution in [2.75, 3.05) is 0 Å². The molecule has 3 aromatic rings. The predicted molar refractivity (Wildman–Crippen MR) is 129 cm³/mol. The van der Waals surface area contributed by atoms with E-state index in [4.69, 9.17) is 4.74 Å². The Hall–Kier alpha value is -3.46. The Bertz CT molecular complexity index is 1010. The van der Waals surface area contributed by atoms with E-state index in [1.807, 2.05) is 72.9 Å². The summed E-state index contributed by atoms with van der Waals surface area (Å²) in [6.07, 6.45) is 8.46. The van der Waals surface area contributed by atoms with Gasteiger partial charge in [0.25, 0.3) is 0 Å². The maximum atomic E-state index is 12.7. The van der Waals surface area contributed by atoms with Crippen LogP contribution in [0.5, 0.6) is 0 Å². The van der Waals surface area contributed by atoms with Crippen LogP contribution in [-0.2, 0) is 11.3 Å². The number of rotatable bonds is 10. The first-order chi connectivity index (χ1) is 15.3. The Kier molecular flexibility index (Phi) is 8.81. The average molecular weight is 412 g/mol. The quantitative estimate of drug-likeness (QED) is 0.198. The second-order valence-electron chi connectivity index (χ2n) is 7.42. The van der Waals surface area contributed by atoms with Crippen LogP contribution in [0.2, 0.25) is 0 Å². The normalized spacial score (nSPS) is 11.6. The molecule has 3 nitrogen and oxygen atoms in total. The summed E-state index contributed by atoms with van der Waals surface area (Å²) in [5.74, 6) is -0.365. The van der Waals surface area contributed by atoms with E-state index >= 15 is 0 Å². The maximum Gasteiger partial charge on any atom is 0.340 e. The van der Waals surface area contributed by atoms with Gasteiger partial charge in [-0.3, -0.25) is 4.99 Å². The summed E-state index contributed by atoms with van der Waals surface area (Å²) >= 11 is 0. The minimum Gasteiger partial charge on any atom is -0.457 e. The molecule has 0 saturated heterocycles. The molecule has 0 bridgehead atoms. The Balaban J connectivity index is 1.76. The van der Waals surface area contributed by atoms with Gasteiger partial charge in [-0.25, -0.2) is 4.79 Å². The molecule has 0 unspecified atom stereocenters. The minimum absolute atomic E-state index is 0.244. The lowest BCUT2D eigenvalue weighted by Gasteiger charge is -2.08. The van der Waals surface area contributed by atoms with Gasteiger partial charge in [0.05, 0.1) is 11.3 Å². The molecule has 0 radical (unpaired) electrons. The molecular weight excluding hydrogens is 382 g/mol. The van der Waals surface area contributed by atoms with E-state index in [1.165, 1.54) is 12.8 Å². The topological polar surface area (TPSA) is 38.7 Å². The largest absolute Gasteiger partial charge is 0.457 e. The van der Waals surface area contributed by atoms with Gasteiger partial charge in [-0.2, -0.15) is 0 Å². The molecule has 0 aliphatic carbocycles. The number of hydrogen-bond donors (Lipinski definition) is 0. The lowest BCUT2D eigenvalue weighted by atomic mass is 10.0. The number of esters is 1. The third-order valence-electron chi connectivity index (χ3n) is 4.93. The predicted octanol–water partition coefficient (Wildman–Crippen LogP) is 7.41. The van der Waals surface area contributed by atoms with Crippen molar-refractivity contribution in [1.29, 1.82) is 0 Å². The van der Waals surface area contributed by atoms with Gasteiger partial charge in [0.1, 0.15) is 6.61 Å². The number of carbonyl (C=O) groups excluding carboxylic acids is 1. The molecule has 0 saturated carbocycles. The molecule has 3 heteroatoms. The summed E-state index contributed by atoms with van der Waals surface area (Å²) < 4.78 is 5.51. The molecule has 0 aromatic heterocycles. The summed E-state index contributed by atoms with van der Waals surface area (Å²) in [6, 6.07) is 27.3. The number of benzene rings is 3. The summed E-state index contributed by atoms with van der Waals surface area (Å²) in [5, 5.41) is 0. The molecule has 0 fully saturated rings. The lowest BCUT2D eigenvalue weighted by molar-refractivity contribution is 0.0474. The second-order valence-corrected chi connectivity index (χ2v) is 7.42. The molecule has 0 amide bonds. The van der Waals surface area contributed by atoms with Crippen molar-refractivity contribution in [3.05, 3.63) is 107 Å². The van der Waals surface area contributed by atoms with Gasteiger partial charge in [0.2, 0.25) is 0 Å². The molecular formula is C28H29NO2. The zero-order chi connectivity index (χ0) is 21.7. The smallest absolute Gasteiger partial charge is 0.340 e. The van der Waals surface area contributed by atoms with E-state index in [0.717, 1.165) is 29.5 Å². The second kappa shape index (κ2) is 12.3. The first kappa shape index (κ1) is 22.2. The lowest BCUT2D eigenvalue weighted by Crippen LogP contribution is -2.05. The number of nitrogens with zero attached hydrogens (tertiary/aromatic N) is 1. The zero-order valence-electron chi connectivity index (χ0n) is 18.0. The van der Waals surface area contributed by atoms with Crippen molar-refractivity contribution in [3.8, 4) is 0 Å². The van der Waals surface area contributed by atoms with Gasteiger partial charge in [0, 0.05) is 6.21 Å². The van der Waals surface area contributed by atoms with E-state index in [0.29, 0.717) is 11.3 Å². The fourth-order valence-corrected chi connectivity index (χ4v) is 3.23. The van der Waals surface area contributed by atoms with Crippen LogP contribution in [0.3, 0.4) is 0 Å². The number of para-hydroxylation sites is 1. The van der Waals surface area contributed by atoms with Gasteiger partial charge in [-0.15, -0.1) is 0 Å². The third kappa shape index (κ3) is 7.38. The van der Waals surface area contributed by atoms with E-state index in [2.05, 4.69) is 30.1 Å². The summed E-state index contributed by atoms with van der Waals surface area (Å²) in [6.45, 7) is 2.44. The number of carbonyl (C=O) groups is 1. The Morgan fingerprint density at radius 2 is 1.55 bits per heavy atom. The van der Waals surface area contributed by atoms with Gasteiger partial charge in [-0.05, 0) is 41.7 Å². The highest BCUT2D eigenvalue weighted by Crippen LogP contribution is 2.21. The van der Waals surface area contributed by atoms with Crippen molar-refractivity contribution in [1.82, 2.24) is 0 Å². The van der Waals surface area contributed by atoms with Crippen molar-refractivity contribution < 1.29 is 9.53 Å². The van der Waals surface area contributed by atoms with Gasteiger partial charge < -0.3 is 4.74 Å². The molecule has 31 heavy (non-hydrogen) atoms. The first-order valence-corrected chi connectivity index (χ1v) is 10.9. The monoisotopic (exact) mass is 411 g/mol. The molecule has 3 aromatic carbocycles. The molecule has 3 rings (SSSR count). The third-order valence-corrected chi connectivity index (χ3v) is 4.93. The highest BCUT2D eigenvalue weighted by molar-refractivity contribution is 5.96.